The van der Waals surface area contributed by atoms with Crippen molar-refractivity contribution in [2.45, 2.75) is 25.8 Å². The summed E-state index contributed by atoms with van der Waals surface area (Å²) in [6.45, 7) is 3.37. The van der Waals surface area contributed by atoms with Crippen LogP contribution in [0.2, 0.25) is 0 Å². The van der Waals surface area contributed by atoms with Crippen LogP contribution in [-0.4, -0.2) is 35.5 Å². The van der Waals surface area contributed by atoms with E-state index in [9.17, 15) is 0 Å². The van der Waals surface area contributed by atoms with Crippen molar-refractivity contribution in [3.63, 3.8) is 0 Å². The zero-order valence-corrected chi connectivity index (χ0v) is 11.3. The van der Waals surface area contributed by atoms with Gasteiger partial charge in [0.2, 0.25) is 0 Å². The Labute approximate surface area is 114 Å². The van der Waals surface area contributed by atoms with Gasteiger partial charge in [0, 0.05) is 25.3 Å². The highest BCUT2D eigenvalue weighted by atomic mass is 16.3. The van der Waals surface area contributed by atoms with E-state index in [1.165, 1.54) is 18.4 Å². The summed E-state index contributed by atoms with van der Waals surface area (Å²) < 4.78 is 0. The molecule has 4 nitrogen and oxygen atoms in total. The molecule has 0 saturated carbocycles. The average molecular weight is 261 g/mol. The van der Waals surface area contributed by atoms with E-state index in [0.717, 1.165) is 31.6 Å². The summed E-state index contributed by atoms with van der Waals surface area (Å²) in [5.74, 6) is 0.744. The molecular weight excluding hydrogens is 238 g/mol. The fraction of sp³-hybridized carbons (Fsp3) is 0.533. The monoisotopic (exact) mass is 261 g/mol. The van der Waals surface area contributed by atoms with Gasteiger partial charge in [-0.1, -0.05) is 18.2 Å². The summed E-state index contributed by atoms with van der Waals surface area (Å²) in [7, 11) is 0. The van der Waals surface area contributed by atoms with E-state index < -0.39 is 0 Å². The molecule has 4 heteroatoms. The maximum absolute atomic E-state index is 9.04. The second kappa shape index (κ2) is 6.68. The summed E-state index contributed by atoms with van der Waals surface area (Å²) in [5, 5.41) is 16.5. The molecule has 4 N–H and O–H groups in total. The lowest BCUT2D eigenvalue weighted by molar-refractivity contribution is 0.142. The highest BCUT2D eigenvalue weighted by molar-refractivity contribution is 5.95. The van der Waals surface area contributed by atoms with Crippen molar-refractivity contribution >= 4 is 5.84 Å². The fourth-order valence-electron chi connectivity index (χ4n) is 2.81. The van der Waals surface area contributed by atoms with E-state index in [-0.39, 0.29) is 5.84 Å². The smallest absolute Gasteiger partial charge is 0.122 e. The molecule has 0 bridgehead atoms. The minimum absolute atomic E-state index is 0.124. The molecule has 1 heterocycles. The Morgan fingerprint density at radius 2 is 2.32 bits per heavy atom. The molecule has 1 atom stereocenters. The molecule has 0 amide bonds. The minimum Gasteiger partial charge on any atom is -0.396 e. The van der Waals surface area contributed by atoms with E-state index in [1.807, 2.05) is 18.2 Å². The van der Waals surface area contributed by atoms with Crippen LogP contribution in [0.5, 0.6) is 0 Å². The predicted molar refractivity (Wildman–Crippen MR) is 77.2 cm³/mol. The van der Waals surface area contributed by atoms with E-state index >= 15 is 0 Å². The third kappa shape index (κ3) is 4.04. The maximum atomic E-state index is 9.04. The second-order valence-corrected chi connectivity index (χ2v) is 5.37. The van der Waals surface area contributed by atoms with Gasteiger partial charge in [-0.25, -0.2) is 0 Å². The number of aliphatic hydroxyl groups excluding tert-OH is 1. The Morgan fingerprint density at radius 1 is 1.47 bits per heavy atom. The van der Waals surface area contributed by atoms with Gasteiger partial charge in [0.15, 0.2) is 0 Å². The Bertz CT molecular complexity index is 431. The Kier molecular flexibility index (Phi) is 4.93. The van der Waals surface area contributed by atoms with E-state index in [2.05, 4.69) is 11.0 Å². The molecule has 0 aliphatic carbocycles. The number of nitrogens with two attached hydrogens (primary N) is 1. The molecule has 2 rings (SSSR count). The van der Waals surface area contributed by atoms with Crippen LogP contribution in [0, 0.1) is 11.3 Å². The van der Waals surface area contributed by atoms with Crippen LogP contribution in [0.4, 0.5) is 0 Å². The van der Waals surface area contributed by atoms with Crippen LogP contribution in [0.15, 0.2) is 24.3 Å². The van der Waals surface area contributed by atoms with Crippen LogP contribution >= 0.6 is 0 Å². The van der Waals surface area contributed by atoms with Gasteiger partial charge in [-0.2, -0.15) is 0 Å². The van der Waals surface area contributed by atoms with Gasteiger partial charge in [0.05, 0.1) is 0 Å². The molecule has 1 aliphatic rings. The lowest BCUT2D eigenvalue weighted by atomic mass is 9.95. The van der Waals surface area contributed by atoms with Crippen molar-refractivity contribution in [3.05, 3.63) is 35.4 Å². The molecule has 104 valence electrons. The highest BCUT2D eigenvalue weighted by Crippen LogP contribution is 2.21. The van der Waals surface area contributed by atoms with Crippen LogP contribution in [-0.2, 0) is 6.54 Å². The number of hydrogen-bond donors (Lipinski definition) is 3. The topological polar surface area (TPSA) is 73.3 Å². The molecule has 1 fully saturated rings. The van der Waals surface area contributed by atoms with Crippen LogP contribution in [0.3, 0.4) is 0 Å². The molecule has 1 aromatic rings. The number of rotatable bonds is 5. The quantitative estimate of drug-likeness (QED) is 0.556. The van der Waals surface area contributed by atoms with Gasteiger partial charge in [-0.05, 0) is 43.4 Å². The lowest BCUT2D eigenvalue weighted by Crippen LogP contribution is -2.35. The summed E-state index contributed by atoms with van der Waals surface area (Å²) >= 11 is 0. The van der Waals surface area contributed by atoms with Crippen molar-refractivity contribution in [1.29, 1.82) is 5.41 Å². The number of aliphatic hydroxyl groups is 1. The Morgan fingerprint density at radius 3 is 3.05 bits per heavy atom. The zero-order valence-electron chi connectivity index (χ0n) is 11.3. The SMILES string of the molecule is N=C(N)c1cccc(CN2CCCC(CCO)C2)c1. The number of hydrogen-bond acceptors (Lipinski definition) is 3. The first-order chi connectivity index (χ1) is 9.19. The van der Waals surface area contributed by atoms with Crippen molar-refractivity contribution in [2.24, 2.45) is 11.7 Å². The zero-order chi connectivity index (χ0) is 13.7. The normalized spacial score (nSPS) is 20.4. The summed E-state index contributed by atoms with van der Waals surface area (Å²) in [4.78, 5) is 2.43. The van der Waals surface area contributed by atoms with Crippen molar-refractivity contribution in [3.8, 4) is 0 Å². The second-order valence-electron chi connectivity index (χ2n) is 5.37. The molecule has 1 unspecified atom stereocenters. The largest absolute Gasteiger partial charge is 0.396 e. The number of amidine groups is 1. The van der Waals surface area contributed by atoms with Crippen LogP contribution in [0.1, 0.15) is 30.4 Å². The summed E-state index contributed by atoms with van der Waals surface area (Å²) in [6, 6.07) is 7.91. The van der Waals surface area contributed by atoms with Gasteiger partial charge >= 0.3 is 0 Å². The van der Waals surface area contributed by atoms with E-state index in [1.54, 1.807) is 0 Å². The van der Waals surface area contributed by atoms with Crippen molar-refractivity contribution in [1.82, 2.24) is 4.90 Å². The molecule has 0 radical (unpaired) electrons. The predicted octanol–water partition coefficient (Wildman–Crippen LogP) is 1.57. The molecule has 0 aromatic heterocycles. The summed E-state index contributed by atoms with van der Waals surface area (Å²) in [6.07, 6.45) is 3.34. The van der Waals surface area contributed by atoms with Crippen molar-refractivity contribution in [2.75, 3.05) is 19.7 Å². The number of piperidine rings is 1. The number of nitrogen functional groups attached to an aromatic ring is 1. The van der Waals surface area contributed by atoms with Gasteiger partial charge in [-0.3, -0.25) is 10.3 Å². The van der Waals surface area contributed by atoms with E-state index in [0.29, 0.717) is 12.5 Å². The average Bonchev–Trinajstić information content (AvgIpc) is 2.40. The molecule has 1 saturated heterocycles. The molecule has 0 spiro atoms. The fourth-order valence-corrected chi connectivity index (χ4v) is 2.81. The van der Waals surface area contributed by atoms with Crippen LogP contribution in [0.25, 0.3) is 0 Å². The Balaban J connectivity index is 1.96. The van der Waals surface area contributed by atoms with Gasteiger partial charge in [0.25, 0.3) is 0 Å². The highest BCUT2D eigenvalue weighted by Gasteiger charge is 2.19. The first-order valence-corrected chi connectivity index (χ1v) is 6.95. The minimum atomic E-state index is 0.124. The molecular formula is C15H23N3O. The molecule has 1 aliphatic heterocycles. The lowest BCUT2D eigenvalue weighted by Gasteiger charge is -2.32. The van der Waals surface area contributed by atoms with Crippen molar-refractivity contribution < 1.29 is 5.11 Å². The Hall–Kier alpha value is -1.39. The standard InChI is InChI=1S/C15H23N3O/c16-15(17)14-5-1-3-13(9-14)11-18-7-2-4-12(10-18)6-8-19/h1,3,5,9,12,19H,2,4,6-8,10-11H2,(H3,16,17). The maximum Gasteiger partial charge on any atom is 0.122 e. The number of likely N-dealkylation sites (tertiary alicyclic amines) is 1. The van der Waals surface area contributed by atoms with Gasteiger partial charge < -0.3 is 10.8 Å². The third-order valence-corrected chi connectivity index (χ3v) is 3.78. The van der Waals surface area contributed by atoms with E-state index in [4.69, 9.17) is 16.2 Å². The number of nitrogens with zero attached hydrogens (tertiary/aromatic N) is 1. The third-order valence-electron chi connectivity index (χ3n) is 3.78. The van der Waals surface area contributed by atoms with Gasteiger partial charge in [-0.15, -0.1) is 0 Å². The first kappa shape index (κ1) is 14.0. The first-order valence-electron chi connectivity index (χ1n) is 6.95. The number of nitrogens with one attached hydrogen (secondary N) is 1. The molecule has 1 aromatic carbocycles. The molecule has 19 heavy (non-hydrogen) atoms. The van der Waals surface area contributed by atoms with Gasteiger partial charge in [0.1, 0.15) is 5.84 Å². The summed E-state index contributed by atoms with van der Waals surface area (Å²) in [5.41, 5.74) is 7.52. The van der Waals surface area contributed by atoms with Crippen LogP contribution < -0.4 is 5.73 Å². The number of benzene rings is 1.